The zero-order valence-electron chi connectivity index (χ0n) is 20.7. The zero-order valence-corrected chi connectivity index (χ0v) is 21.5. The number of nitrogens with one attached hydrogen (secondary N) is 5. The predicted octanol–water partition coefficient (Wildman–Crippen LogP) is -1.60. The Balaban J connectivity index is 2.21. The van der Waals surface area contributed by atoms with Crippen LogP contribution in [0, 0.1) is 0 Å². The maximum Gasteiger partial charge on any atom is 0.326 e. The molecule has 2 rings (SSSR count). The third-order valence-corrected chi connectivity index (χ3v) is 6.10. The Kier molecular flexibility index (Phi) is 12.2. The summed E-state index contributed by atoms with van der Waals surface area (Å²) in [6, 6.07) is -4.76. The molecule has 0 fully saturated rings. The average molecular weight is 553 g/mol. The Bertz CT molecular complexity index is 1060. The molecular weight excluding hydrogens is 520 g/mol. The molecule has 2 aromatic heterocycles. The van der Waals surface area contributed by atoms with Crippen LogP contribution in [0.2, 0.25) is 0 Å². The van der Waals surface area contributed by atoms with E-state index in [0.717, 1.165) is 0 Å². The molecule has 0 saturated heterocycles. The van der Waals surface area contributed by atoms with E-state index in [2.05, 4.69) is 35.9 Å². The van der Waals surface area contributed by atoms with Crippen LogP contribution in [0.25, 0.3) is 0 Å². The van der Waals surface area contributed by atoms with E-state index < -0.39 is 53.8 Å². The SMILES string of the molecule is CSCCC(NC(=O)C(Cc1cnc[nH]1)NC(=O)C(Cc1cnc[nH]1)NC(=O)C(N)CCC(=O)O)C(=O)O. The number of nitrogens with zero attached hydrogens (tertiary/aromatic N) is 2. The van der Waals surface area contributed by atoms with Gasteiger partial charge in [-0.1, -0.05) is 0 Å². The van der Waals surface area contributed by atoms with E-state index in [4.69, 9.17) is 10.8 Å². The highest BCUT2D eigenvalue weighted by molar-refractivity contribution is 7.98. The highest BCUT2D eigenvalue weighted by atomic mass is 32.2. The lowest BCUT2D eigenvalue weighted by molar-refractivity contribution is -0.142. The summed E-state index contributed by atoms with van der Waals surface area (Å²) in [6.45, 7) is 0. The minimum absolute atomic E-state index is 0.0325. The van der Waals surface area contributed by atoms with Gasteiger partial charge >= 0.3 is 11.9 Å². The molecule has 16 heteroatoms. The minimum atomic E-state index is -1.21. The second-order valence-electron chi connectivity index (χ2n) is 8.40. The summed E-state index contributed by atoms with van der Waals surface area (Å²) in [7, 11) is 0. The van der Waals surface area contributed by atoms with Gasteiger partial charge in [0.2, 0.25) is 17.7 Å². The summed E-state index contributed by atoms with van der Waals surface area (Å²) in [6.07, 6.45) is 7.14. The Morgan fingerprint density at radius 2 is 1.37 bits per heavy atom. The first-order valence-corrected chi connectivity index (χ1v) is 13.0. The van der Waals surface area contributed by atoms with Crippen molar-refractivity contribution in [3.63, 3.8) is 0 Å². The number of thioether (sulfide) groups is 1. The highest BCUT2D eigenvalue weighted by Gasteiger charge is 2.31. The fourth-order valence-electron chi connectivity index (χ4n) is 3.38. The summed E-state index contributed by atoms with van der Waals surface area (Å²) in [5.41, 5.74) is 6.80. The number of amides is 3. The number of aliphatic carboxylic acids is 2. The molecule has 4 unspecified atom stereocenters. The molecule has 2 aromatic rings. The van der Waals surface area contributed by atoms with Gasteiger partial charge in [-0.2, -0.15) is 11.8 Å². The van der Waals surface area contributed by atoms with E-state index in [1.54, 1.807) is 0 Å². The normalized spacial score (nSPS) is 14.1. The van der Waals surface area contributed by atoms with Gasteiger partial charge in [0.15, 0.2) is 0 Å². The van der Waals surface area contributed by atoms with Gasteiger partial charge in [0.05, 0.1) is 18.7 Å². The van der Waals surface area contributed by atoms with Crippen LogP contribution in [0.1, 0.15) is 30.7 Å². The van der Waals surface area contributed by atoms with Gasteiger partial charge in [-0.3, -0.25) is 19.2 Å². The number of aromatic amines is 2. The van der Waals surface area contributed by atoms with Gasteiger partial charge in [0, 0.05) is 43.0 Å². The fourth-order valence-corrected chi connectivity index (χ4v) is 3.85. The van der Waals surface area contributed by atoms with Gasteiger partial charge in [-0.15, -0.1) is 0 Å². The molecule has 0 spiro atoms. The summed E-state index contributed by atoms with van der Waals surface area (Å²) in [5, 5.41) is 25.9. The van der Waals surface area contributed by atoms with Crippen LogP contribution in [-0.2, 0) is 36.8 Å². The lowest BCUT2D eigenvalue weighted by atomic mass is 10.1. The topological polar surface area (TPSA) is 245 Å². The number of carbonyl (C=O) groups is 5. The van der Waals surface area contributed by atoms with Crippen molar-refractivity contribution < 1.29 is 34.2 Å². The monoisotopic (exact) mass is 552 g/mol. The number of hydrogen-bond acceptors (Lipinski definition) is 9. The van der Waals surface area contributed by atoms with Crippen molar-refractivity contribution in [2.75, 3.05) is 12.0 Å². The van der Waals surface area contributed by atoms with E-state index in [1.807, 2.05) is 6.26 Å². The van der Waals surface area contributed by atoms with Crippen LogP contribution < -0.4 is 21.7 Å². The van der Waals surface area contributed by atoms with Gasteiger partial charge in [0.1, 0.15) is 18.1 Å². The number of carbonyl (C=O) groups excluding carboxylic acids is 3. The third-order valence-electron chi connectivity index (χ3n) is 5.45. The van der Waals surface area contributed by atoms with Crippen LogP contribution in [0.4, 0.5) is 0 Å². The molecule has 0 saturated carbocycles. The van der Waals surface area contributed by atoms with Crippen LogP contribution in [0.3, 0.4) is 0 Å². The smallest absolute Gasteiger partial charge is 0.326 e. The largest absolute Gasteiger partial charge is 0.481 e. The first kappa shape index (κ1) is 30.3. The van der Waals surface area contributed by atoms with Crippen molar-refractivity contribution in [1.82, 2.24) is 35.9 Å². The second-order valence-corrected chi connectivity index (χ2v) is 9.39. The number of nitrogens with two attached hydrogens (primary N) is 1. The second kappa shape index (κ2) is 15.4. The van der Waals surface area contributed by atoms with Crippen molar-refractivity contribution in [2.24, 2.45) is 5.73 Å². The van der Waals surface area contributed by atoms with E-state index in [9.17, 15) is 29.1 Å². The molecule has 2 heterocycles. The highest BCUT2D eigenvalue weighted by Crippen LogP contribution is 2.07. The number of carboxylic acids is 2. The zero-order chi connectivity index (χ0) is 28.1. The molecule has 4 atom stereocenters. The van der Waals surface area contributed by atoms with Crippen LogP contribution >= 0.6 is 11.8 Å². The lowest BCUT2D eigenvalue weighted by Gasteiger charge is -2.25. The summed E-state index contributed by atoms with van der Waals surface area (Å²) in [5.74, 6) is -4.05. The first-order chi connectivity index (χ1) is 18.1. The standard InChI is InChI=1S/C22H32N8O7S/c1-38-5-4-15(22(36)37)28-20(34)17(7-13-9-25-11-27-13)30-21(35)16(6-12-8-24-10-26-12)29-19(33)14(23)2-3-18(31)32/h8-11,14-17H,2-7,23H2,1H3,(H,24,26)(H,25,27)(H,28,34)(H,29,33)(H,30,35)(H,31,32)(H,36,37). The summed E-state index contributed by atoms with van der Waals surface area (Å²) < 4.78 is 0. The van der Waals surface area contributed by atoms with E-state index in [-0.39, 0.29) is 32.1 Å². The van der Waals surface area contributed by atoms with Crippen molar-refractivity contribution in [1.29, 1.82) is 0 Å². The van der Waals surface area contributed by atoms with Gasteiger partial charge < -0.3 is 41.9 Å². The van der Waals surface area contributed by atoms with Crippen molar-refractivity contribution in [3.05, 3.63) is 36.4 Å². The number of H-pyrrole nitrogens is 2. The van der Waals surface area contributed by atoms with Crippen molar-refractivity contribution >= 4 is 41.4 Å². The Labute approximate surface area is 222 Å². The molecule has 208 valence electrons. The molecule has 38 heavy (non-hydrogen) atoms. The molecule has 0 bridgehead atoms. The number of carboxylic acid groups (broad SMARTS) is 2. The minimum Gasteiger partial charge on any atom is -0.481 e. The summed E-state index contributed by atoms with van der Waals surface area (Å²) >= 11 is 1.43. The molecular formula is C22H32N8O7S. The van der Waals surface area contributed by atoms with Crippen LogP contribution in [0.5, 0.6) is 0 Å². The molecule has 3 amide bonds. The van der Waals surface area contributed by atoms with Gasteiger partial charge in [0.25, 0.3) is 0 Å². The molecule has 0 aliphatic carbocycles. The van der Waals surface area contributed by atoms with E-state index in [1.165, 1.54) is 36.8 Å². The maximum atomic E-state index is 13.3. The molecule has 9 N–H and O–H groups in total. The fraction of sp³-hybridized carbons (Fsp3) is 0.500. The lowest BCUT2D eigenvalue weighted by Crippen LogP contribution is -2.58. The number of imidazole rings is 2. The molecule has 0 radical (unpaired) electrons. The number of aromatic nitrogens is 4. The van der Waals surface area contributed by atoms with Crippen molar-refractivity contribution in [3.8, 4) is 0 Å². The van der Waals surface area contributed by atoms with Crippen LogP contribution in [-0.4, -0.2) is 96.0 Å². The molecule has 0 aromatic carbocycles. The first-order valence-electron chi connectivity index (χ1n) is 11.6. The number of rotatable bonds is 17. The number of hydrogen-bond donors (Lipinski definition) is 8. The Morgan fingerprint density at radius 3 is 1.79 bits per heavy atom. The van der Waals surface area contributed by atoms with E-state index >= 15 is 0 Å². The molecule has 0 aliphatic rings. The van der Waals surface area contributed by atoms with Gasteiger partial charge in [-0.25, -0.2) is 14.8 Å². The predicted molar refractivity (Wildman–Crippen MR) is 136 cm³/mol. The van der Waals surface area contributed by atoms with Gasteiger partial charge in [-0.05, 0) is 24.9 Å². The average Bonchev–Trinajstić information content (AvgIpc) is 3.58. The third kappa shape index (κ3) is 10.2. The van der Waals surface area contributed by atoms with Crippen molar-refractivity contribution in [2.45, 2.75) is 56.3 Å². The van der Waals surface area contributed by atoms with Crippen LogP contribution in [0.15, 0.2) is 25.0 Å². The Hall–Kier alpha value is -3.92. The van der Waals surface area contributed by atoms with E-state index in [0.29, 0.717) is 17.1 Å². The Morgan fingerprint density at radius 1 is 0.868 bits per heavy atom. The molecule has 0 aliphatic heterocycles. The molecule has 15 nitrogen and oxygen atoms in total. The quantitative estimate of drug-likeness (QED) is 0.111. The maximum absolute atomic E-state index is 13.3. The summed E-state index contributed by atoms with van der Waals surface area (Å²) in [4.78, 5) is 74.9.